The molecule has 0 aliphatic rings. The van der Waals surface area contributed by atoms with E-state index in [0.717, 1.165) is 0 Å². The summed E-state index contributed by atoms with van der Waals surface area (Å²) in [5.74, 6) is -1.01. The fraction of sp³-hybridized carbons (Fsp3) is 0.182. The number of carbonyl (C=O) groups excluding carboxylic acids is 2. The number of phenolic OH excluding ortho intramolecular Hbond substituents is 1. The number of phenols is 1. The molecule has 0 saturated heterocycles. The number of esters is 1. The van der Waals surface area contributed by atoms with Gasteiger partial charge in [-0.2, -0.15) is 0 Å². The Bertz CT molecular complexity index is 414. The molecule has 1 amide bonds. The number of anilines is 1. The molecule has 0 heterocycles. The van der Waals surface area contributed by atoms with Gasteiger partial charge in [-0.3, -0.25) is 9.59 Å². The van der Waals surface area contributed by atoms with Crippen molar-refractivity contribution in [2.24, 2.45) is 0 Å². The summed E-state index contributed by atoms with van der Waals surface area (Å²) >= 11 is 0. The molecule has 0 spiro atoms. The SMILES string of the molecule is [CH2]C(=O)Nc1cc(CC(=O)OC)ccc1O. The average molecular weight is 222 g/mol. The van der Waals surface area contributed by atoms with Crippen LogP contribution >= 0.6 is 0 Å². The zero-order valence-electron chi connectivity index (χ0n) is 8.82. The molecule has 1 rings (SSSR count). The number of ether oxygens (including phenoxy) is 1. The van der Waals surface area contributed by atoms with Crippen molar-refractivity contribution < 1.29 is 19.4 Å². The number of nitrogens with one attached hydrogen (secondary N) is 1. The van der Waals surface area contributed by atoms with Crippen LogP contribution in [-0.2, 0) is 20.7 Å². The van der Waals surface area contributed by atoms with E-state index in [0.29, 0.717) is 5.56 Å². The first-order valence-electron chi connectivity index (χ1n) is 4.54. The lowest BCUT2D eigenvalue weighted by Gasteiger charge is -2.07. The highest BCUT2D eigenvalue weighted by Gasteiger charge is 2.07. The molecule has 0 aliphatic carbocycles. The van der Waals surface area contributed by atoms with E-state index in [1.54, 1.807) is 6.07 Å². The minimum absolute atomic E-state index is 0.0781. The Morgan fingerprint density at radius 1 is 1.50 bits per heavy atom. The second kappa shape index (κ2) is 5.16. The molecule has 0 bridgehead atoms. The summed E-state index contributed by atoms with van der Waals surface area (Å²) in [5, 5.41) is 11.8. The fourth-order valence-corrected chi connectivity index (χ4v) is 1.18. The zero-order valence-corrected chi connectivity index (χ0v) is 8.82. The second-order valence-corrected chi connectivity index (χ2v) is 3.15. The van der Waals surface area contributed by atoms with Crippen molar-refractivity contribution >= 4 is 17.6 Å². The molecule has 5 nitrogen and oxygen atoms in total. The molecular weight excluding hydrogens is 210 g/mol. The Balaban J connectivity index is 2.88. The Morgan fingerprint density at radius 2 is 2.19 bits per heavy atom. The summed E-state index contributed by atoms with van der Waals surface area (Å²) in [6.07, 6.45) is 0.0802. The van der Waals surface area contributed by atoms with E-state index in [2.05, 4.69) is 17.0 Å². The van der Waals surface area contributed by atoms with Gasteiger partial charge in [0.05, 0.1) is 19.2 Å². The molecule has 2 N–H and O–H groups in total. The number of rotatable bonds is 3. The first-order valence-corrected chi connectivity index (χ1v) is 4.54. The van der Waals surface area contributed by atoms with Crippen molar-refractivity contribution in [3.63, 3.8) is 0 Å². The van der Waals surface area contributed by atoms with Crippen LogP contribution in [0.3, 0.4) is 0 Å². The third kappa shape index (κ3) is 3.27. The molecule has 1 aromatic rings. The van der Waals surface area contributed by atoms with Gasteiger partial charge in [-0.25, -0.2) is 0 Å². The summed E-state index contributed by atoms with van der Waals surface area (Å²) in [5.41, 5.74) is 0.856. The first-order chi connectivity index (χ1) is 7.52. The molecule has 16 heavy (non-hydrogen) atoms. The maximum absolute atomic E-state index is 11.0. The van der Waals surface area contributed by atoms with E-state index in [9.17, 15) is 14.7 Å². The zero-order chi connectivity index (χ0) is 12.1. The Hall–Kier alpha value is -2.04. The van der Waals surface area contributed by atoms with Gasteiger partial charge in [-0.05, 0) is 17.7 Å². The topological polar surface area (TPSA) is 75.6 Å². The molecule has 0 aliphatic heterocycles. The number of amides is 1. The minimum atomic E-state index is -0.537. The minimum Gasteiger partial charge on any atom is -0.506 e. The molecular formula is C11H12NO4. The highest BCUT2D eigenvalue weighted by atomic mass is 16.5. The van der Waals surface area contributed by atoms with Crippen LogP contribution < -0.4 is 5.32 Å². The molecule has 85 valence electrons. The van der Waals surface area contributed by atoms with E-state index in [-0.39, 0.29) is 17.9 Å². The van der Waals surface area contributed by atoms with Crippen molar-refractivity contribution in [1.29, 1.82) is 0 Å². The Kier molecular flexibility index (Phi) is 3.88. The number of aromatic hydroxyl groups is 1. The molecule has 0 unspecified atom stereocenters. The number of hydrogen-bond acceptors (Lipinski definition) is 4. The molecule has 0 aromatic heterocycles. The molecule has 0 saturated carbocycles. The van der Waals surface area contributed by atoms with Crippen molar-refractivity contribution in [1.82, 2.24) is 0 Å². The van der Waals surface area contributed by atoms with Crippen LogP contribution in [0.15, 0.2) is 18.2 Å². The van der Waals surface area contributed by atoms with E-state index in [1.807, 2.05) is 0 Å². The summed E-state index contributed by atoms with van der Waals surface area (Å²) < 4.78 is 4.50. The third-order valence-corrected chi connectivity index (χ3v) is 1.91. The number of benzene rings is 1. The smallest absolute Gasteiger partial charge is 0.309 e. The van der Waals surface area contributed by atoms with E-state index < -0.39 is 11.9 Å². The first kappa shape index (κ1) is 12.0. The van der Waals surface area contributed by atoms with Gasteiger partial charge in [0.15, 0.2) is 0 Å². The van der Waals surface area contributed by atoms with Gasteiger partial charge in [-0.15, -0.1) is 0 Å². The third-order valence-electron chi connectivity index (χ3n) is 1.91. The van der Waals surface area contributed by atoms with Crippen LogP contribution in [0.1, 0.15) is 5.56 Å². The molecule has 1 radical (unpaired) electrons. The van der Waals surface area contributed by atoms with Gasteiger partial charge in [0, 0.05) is 6.92 Å². The van der Waals surface area contributed by atoms with Gasteiger partial charge >= 0.3 is 5.97 Å². The van der Waals surface area contributed by atoms with Crippen molar-refractivity contribution in [3.8, 4) is 5.75 Å². The lowest BCUT2D eigenvalue weighted by molar-refractivity contribution is -0.139. The monoisotopic (exact) mass is 222 g/mol. The van der Waals surface area contributed by atoms with Gasteiger partial charge in [0.25, 0.3) is 0 Å². The lowest BCUT2D eigenvalue weighted by Crippen LogP contribution is -2.08. The summed E-state index contributed by atoms with van der Waals surface area (Å²) in [6, 6.07) is 4.46. The maximum Gasteiger partial charge on any atom is 0.309 e. The van der Waals surface area contributed by atoms with Crippen LogP contribution in [0.5, 0.6) is 5.75 Å². The van der Waals surface area contributed by atoms with Crippen LogP contribution in [0.4, 0.5) is 5.69 Å². The Labute approximate surface area is 93.0 Å². The molecule has 1 aromatic carbocycles. The molecule has 0 fully saturated rings. The van der Waals surface area contributed by atoms with Gasteiger partial charge < -0.3 is 15.2 Å². The quantitative estimate of drug-likeness (QED) is 0.588. The number of methoxy groups -OCH3 is 1. The number of hydrogen-bond donors (Lipinski definition) is 2. The highest BCUT2D eigenvalue weighted by Crippen LogP contribution is 2.24. The predicted molar refractivity (Wildman–Crippen MR) is 57.8 cm³/mol. The summed E-state index contributed by atoms with van der Waals surface area (Å²) in [4.78, 5) is 21.7. The van der Waals surface area contributed by atoms with E-state index >= 15 is 0 Å². The van der Waals surface area contributed by atoms with Gasteiger partial charge in [0.2, 0.25) is 5.91 Å². The normalized spacial score (nSPS) is 9.62. The summed E-state index contributed by atoms with van der Waals surface area (Å²) in [6.45, 7) is 3.13. The van der Waals surface area contributed by atoms with Crippen molar-refractivity contribution in [3.05, 3.63) is 30.7 Å². The second-order valence-electron chi connectivity index (χ2n) is 3.15. The fourth-order valence-electron chi connectivity index (χ4n) is 1.18. The van der Waals surface area contributed by atoms with Crippen LogP contribution in [0.2, 0.25) is 0 Å². The van der Waals surface area contributed by atoms with Gasteiger partial charge in [-0.1, -0.05) is 6.07 Å². The van der Waals surface area contributed by atoms with Crippen LogP contribution in [0, 0.1) is 6.92 Å². The molecule has 0 atom stereocenters. The largest absolute Gasteiger partial charge is 0.506 e. The van der Waals surface area contributed by atoms with Crippen LogP contribution in [-0.4, -0.2) is 24.1 Å². The maximum atomic E-state index is 11.0. The standard InChI is InChI=1S/C11H12NO4/c1-7(13)12-9-5-8(3-4-10(9)14)6-11(15)16-2/h3-5,14H,1,6H2,2H3,(H,12,13). The molecule has 5 heteroatoms. The van der Waals surface area contributed by atoms with Gasteiger partial charge in [0.1, 0.15) is 5.75 Å². The Morgan fingerprint density at radius 3 is 2.75 bits per heavy atom. The van der Waals surface area contributed by atoms with Crippen molar-refractivity contribution in [2.75, 3.05) is 12.4 Å². The van der Waals surface area contributed by atoms with Crippen LogP contribution in [0.25, 0.3) is 0 Å². The summed E-state index contributed by atoms with van der Waals surface area (Å²) in [7, 11) is 1.29. The van der Waals surface area contributed by atoms with E-state index in [4.69, 9.17) is 0 Å². The van der Waals surface area contributed by atoms with Crippen molar-refractivity contribution in [2.45, 2.75) is 6.42 Å². The van der Waals surface area contributed by atoms with E-state index in [1.165, 1.54) is 19.2 Å². The average Bonchev–Trinajstić information content (AvgIpc) is 2.22. The predicted octanol–water partition coefficient (Wildman–Crippen LogP) is 0.880. The highest BCUT2D eigenvalue weighted by molar-refractivity contribution is 5.95. The lowest BCUT2D eigenvalue weighted by atomic mass is 10.1. The number of carbonyl (C=O) groups is 2.